The Bertz CT molecular complexity index is 552. The Kier molecular flexibility index (Phi) is 13.2. The molecule has 2 rings (SSSR count). The lowest BCUT2D eigenvalue weighted by Gasteiger charge is -2.18. The smallest absolute Gasteiger partial charge is 0.213 e. The maximum Gasteiger partial charge on any atom is 0.213 e. The van der Waals surface area contributed by atoms with Crippen LogP contribution in [0.3, 0.4) is 0 Å². The van der Waals surface area contributed by atoms with Crippen LogP contribution in [0.15, 0.2) is 23.3 Å². The fourth-order valence-corrected chi connectivity index (χ4v) is 2.55. The summed E-state index contributed by atoms with van der Waals surface area (Å²) in [5.74, 6) is 2.27. The number of hydrogen-bond acceptors (Lipinski definition) is 5. The van der Waals surface area contributed by atoms with Crippen LogP contribution < -0.4 is 15.4 Å². The minimum Gasteiger partial charge on any atom is -0.477 e. The second kappa shape index (κ2) is 14.8. The lowest BCUT2D eigenvalue weighted by molar-refractivity contribution is 0.180. The molecule has 2 N–H and O–H groups in total. The first-order valence-corrected chi connectivity index (χ1v) is 9.98. The van der Waals surface area contributed by atoms with Crippen LogP contribution in [0.4, 0.5) is 0 Å². The molecule has 0 bridgehead atoms. The van der Waals surface area contributed by atoms with Crippen LogP contribution >= 0.6 is 24.0 Å². The molecule has 1 heterocycles. The number of nitrogens with one attached hydrogen (secondary N) is 2. The molecule has 1 fully saturated rings. The van der Waals surface area contributed by atoms with Gasteiger partial charge in [0.15, 0.2) is 5.96 Å². The molecule has 7 nitrogen and oxygen atoms in total. The van der Waals surface area contributed by atoms with E-state index >= 15 is 0 Å². The highest BCUT2D eigenvalue weighted by Crippen LogP contribution is 2.29. The van der Waals surface area contributed by atoms with E-state index in [1.807, 2.05) is 18.3 Å². The first-order chi connectivity index (χ1) is 13.2. The van der Waals surface area contributed by atoms with Crippen LogP contribution in [-0.2, 0) is 11.3 Å². The molecule has 0 radical (unpaired) electrons. The number of nitrogens with zero attached hydrogens (tertiary/aromatic N) is 3. The van der Waals surface area contributed by atoms with Crippen LogP contribution in [0.1, 0.15) is 31.7 Å². The fourth-order valence-electron chi connectivity index (χ4n) is 2.55. The van der Waals surface area contributed by atoms with E-state index in [-0.39, 0.29) is 24.0 Å². The molecular formula is C20H36IN5O2. The van der Waals surface area contributed by atoms with Gasteiger partial charge in [-0.3, -0.25) is 0 Å². The van der Waals surface area contributed by atoms with Gasteiger partial charge in [0, 0.05) is 52.2 Å². The van der Waals surface area contributed by atoms with Crippen molar-refractivity contribution in [2.24, 2.45) is 10.9 Å². The van der Waals surface area contributed by atoms with Crippen LogP contribution in [0.25, 0.3) is 0 Å². The number of guanidine groups is 1. The van der Waals surface area contributed by atoms with Crippen molar-refractivity contribution in [1.82, 2.24) is 20.5 Å². The zero-order chi connectivity index (χ0) is 19.3. The van der Waals surface area contributed by atoms with Crippen molar-refractivity contribution >= 4 is 29.9 Å². The summed E-state index contributed by atoms with van der Waals surface area (Å²) >= 11 is 0. The van der Waals surface area contributed by atoms with E-state index in [1.165, 1.54) is 12.8 Å². The molecule has 0 aromatic carbocycles. The van der Waals surface area contributed by atoms with Crippen molar-refractivity contribution in [3.8, 4) is 5.88 Å². The van der Waals surface area contributed by atoms with Gasteiger partial charge in [-0.05, 0) is 44.7 Å². The van der Waals surface area contributed by atoms with E-state index < -0.39 is 0 Å². The van der Waals surface area contributed by atoms with Crippen molar-refractivity contribution in [1.29, 1.82) is 0 Å². The predicted octanol–water partition coefficient (Wildman–Crippen LogP) is 2.51. The SMILES string of the molecule is CCNC(=NCc1ccc(OCC2CC2)nc1)NCCN(C)CCCOC.I. The van der Waals surface area contributed by atoms with Crippen molar-refractivity contribution in [3.63, 3.8) is 0 Å². The van der Waals surface area contributed by atoms with Crippen molar-refractivity contribution in [3.05, 3.63) is 23.9 Å². The van der Waals surface area contributed by atoms with Gasteiger partial charge in [-0.1, -0.05) is 6.07 Å². The van der Waals surface area contributed by atoms with E-state index in [0.717, 1.165) is 63.3 Å². The molecule has 1 aliphatic rings. The number of ether oxygens (including phenoxy) is 2. The summed E-state index contributed by atoms with van der Waals surface area (Å²) in [6.45, 7) is 7.94. The third-order valence-electron chi connectivity index (χ3n) is 4.40. The molecule has 28 heavy (non-hydrogen) atoms. The molecule has 0 amide bonds. The van der Waals surface area contributed by atoms with E-state index in [1.54, 1.807) is 7.11 Å². The normalized spacial score (nSPS) is 13.9. The molecule has 1 aromatic heterocycles. The molecule has 1 aliphatic carbocycles. The van der Waals surface area contributed by atoms with Crippen molar-refractivity contribution < 1.29 is 9.47 Å². The van der Waals surface area contributed by atoms with Gasteiger partial charge >= 0.3 is 0 Å². The minimum absolute atomic E-state index is 0. The van der Waals surface area contributed by atoms with E-state index in [4.69, 9.17) is 9.47 Å². The lowest BCUT2D eigenvalue weighted by atomic mass is 10.3. The van der Waals surface area contributed by atoms with Crippen molar-refractivity contribution in [2.45, 2.75) is 32.7 Å². The van der Waals surface area contributed by atoms with Crippen molar-refractivity contribution in [2.75, 3.05) is 53.6 Å². The maximum absolute atomic E-state index is 5.68. The summed E-state index contributed by atoms with van der Waals surface area (Å²) in [6, 6.07) is 3.97. The molecule has 0 spiro atoms. The Morgan fingerprint density at radius 3 is 2.75 bits per heavy atom. The Morgan fingerprint density at radius 2 is 2.11 bits per heavy atom. The number of methoxy groups -OCH3 is 1. The fraction of sp³-hybridized carbons (Fsp3) is 0.700. The Morgan fingerprint density at radius 1 is 1.29 bits per heavy atom. The Hall–Kier alpha value is -1.13. The summed E-state index contributed by atoms with van der Waals surface area (Å²) in [5, 5.41) is 6.67. The molecule has 1 aromatic rings. The second-order valence-electron chi connectivity index (χ2n) is 7.03. The van der Waals surface area contributed by atoms with Crippen LogP contribution in [0.5, 0.6) is 5.88 Å². The van der Waals surface area contributed by atoms with Gasteiger partial charge in [0.25, 0.3) is 0 Å². The molecule has 8 heteroatoms. The van der Waals surface area contributed by atoms with E-state index in [0.29, 0.717) is 12.4 Å². The quantitative estimate of drug-likeness (QED) is 0.186. The highest BCUT2D eigenvalue weighted by atomic mass is 127. The number of halogens is 1. The zero-order valence-electron chi connectivity index (χ0n) is 17.4. The minimum atomic E-state index is 0. The predicted molar refractivity (Wildman–Crippen MR) is 125 cm³/mol. The molecule has 160 valence electrons. The Balaban J connectivity index is 0.00000392. The number of likely N-dealkylation sites (N-methyl/N-ethyl adjacent to an activating group) is 1. The van der Waals surface area contributed by atoms with Gasteiger partial charge in [0.05, 0.1) is 13.2 Å². The summed E-state index contributed by atoms with van der Waals surface area (Å²) in [6.07, 6.45) is 5.47. The molecule has 1 saturated carbocycles. The molecular weight excluding hydrogens is 469 g/mol. The topological polar surface area (TPSA) is 71.0 Å². The van der Waals surface area contributed by atoms with Crippen LogP contribution in [0, 0.1) is 5.92 Å². The van der Waals surface area contributed by atoms with Gasteiger partial charge in [-0.2, -0.15) is 0 Å². The first-order valence-electron chi connectivity index (χ1n) is 9.98. The standard InChI is InChI=1S/C20H35N5O2.HI/c1-4-21-20(22-10-12-25(2)11-5-13-26-3)24-15-18-8-9-19(23-14-18)27-16-17-6-7-17;/h8-9,14,17H,4-7,10-13,15-16H2,1-3H3,(H2,21,22,24);1H. The van der Waals surface area contributed by atoms with Gasteiger partial charge in [0.1, 0.15) is 0 Å². The monoisotopic (exact) mass is 505 g/mol. The van der Waals surface area contributed by atoms with Gasteiger partial charge in [0.2, 0.25) is 5.88 Å². The Labute approximate surface area is 186 Å². The molecule has 0 atom stereocenters. The lowest BCUT2D eigenvalue weighted by Crippen LogP contribution is -2.41. The summed E-state index contributed by atoms with van der Waals surface area (Å²) in [5.41, 5.74) is 1.07. The summed E-state index contributed by atoms with van der Waals surface area (Å²) < 4.78 is 10.8. The molecule has 0 aliphatic heterocycles. The average Bonchev–Trinajstić information content (AvgIpc) is 3.50. The second-order valence-corrected chi connectivity index (χ2v) is 7.03. The van der Waals surface area contributed by atoms with Gasteiger partial charge in [-0.15, -0.1) is 24.0 Å². The first kappa shape index (κ1) is 24.9. The maximum atomic E-state index is 5.68. The molecule has 0 unspecified atom stereocenters. The number of rotatable bonds is 13. The van der Waals surface area contributed by atoms with Gasteiger partial charge in [-0.25, -0.2) is 9.98 Å². The van der Waals surface area contributed by atoms with E-state index in [9.17, 15) is 0 Å². The molecule has 0 saturated heterocycles. The third-order valence-corrected chi connectivity index (χ3v) is 4.40. The highest BCUT2D eigenvalue weighted by molar-refractivity contribution is 14.0. The zero-order valence-corrected chi connectivity index (χ0v) is 19.8. The number of aliphatic imine (C=N–C) groups is 1. The van der Waals surface area contributed by atoms with Gasteiger partial charge < -0.3 is 25.0 Å². The third kappa shape index (κ3) is 11.0. The number of pyridine rings is 1. The average molecular weight is 505 g/mol. The summed E-state index contributed by atoms with van der Waals surface area (Å²) in [7, 11) is 3.87. The van der Waals surface area contributed by atoms with E-state index in [2.05, 4.69) is 39.5 Å². The number of hydrogen-bond donors (Lipinski definition) is 2. The summed E-state index contributed by atoms with van der Waals surface area (Å²) in [4.78, 5) is 11.3. The van der Waals surface area contributed by atoms with Crippen LogP contribution in [-0.4, -0.2) is 69.4 Å². The highest BCUT2D eigenvalue weighted by Gasteiger charge is 2.21. The van der Waals surface area contributed by atoms with Crippen LogP contribution in [0.2, 0.25) is 0 Å². The number of aromatic nitrogens is 1. The largest absolute Gasteiger partial charge is 0.477 e.